The zero-order valence-corrected chi connectivity index (χ0v) is 34.4. The molecule has 288 valence electrons. The summed E-state index contributed by atoms with van der Waals surface area (Å²) in [5, 5.41) is 4.95. The summed E-state index contributed by atoms with van der Waals surface area (Å²) < 4.78 is 0. The fraction of sp³-hybridized carbons (Fsp3) is 0.0847. The molecule has 12 rings (SSSR count). The van der Waals surface area contributed by atoms with Gasteiger partial charge in [0, 0.05) is 27.5 Å². The second kappa shape index (κ2) is 13.3. The van der Waals surface area contributed by atoms with Gasteiger partial charge in [-0.2, -0.15) is 0 Å². The van der Waals surface area contributed by atoms with E-state index in [1.807, 2.05) is 6.07 Å². The molecule has 0 aliphatic heterocycles. The molecule has 1 heterocycles. The van der Waals surface area contributed by atoms with E-state index >= 15 is 0 Å². The Morgan fingerprint density at radius 2 is 0.934 bits per heavy atom. The minimum atomic E-state index is -0.313. The maximum Gasteiger partial charge on any atom is 0.160 e. The first-order valence-corrected chi connectivity index (χ1v) is 21.3. The van der Waals surface area contributed by atoms with Crippen LogP contribution in [0.25, 0.3) is 88.8 Å². The van der Waals surface area contributed by atoms with Gasteiger partial charge in [0.15, 0.2) is 5.82 Å². The molecule has 0 radical (unpaired) electrons. The molecule has 9 aromatic carbocycles. The van der Waals surface area contributed by atoms with Crippen LogP contribution in [-0.2, 0) is 10.8 Å². The first-order chi connectivity index (χ1) is 29.9. The Bertz CT molecular complexity index is 3400. The second-order valence-electron chi connectivity index (χ2n) is 17.4. The fourth-order valence-corrected chi connectivity index (χ4v) is 10.7. The number of benzene rings is 9. The van der Waals surface area contributed by atoms with Crippen LogP contribution < -0.4 is 0 Å². The SMILES string of the molecule is CC1(C)c2cccc(-c3ccc(-c4cc(-c5ccc6c(c5)C(C)(c5ccccc5)c5ccccc5-6)nc(-c5ccccc5)n4)c4ccccc34)c2-c2c1ccc1ccccc21. The van der Waals surface area contributed by atoms with Crippen LogP contribution in [0.15, 0.2) is 200 Å². The average molecular weight is 779 g/mol. The first kappa shape index (κ1) is 35.5. The zero-order chi connectivity index (χ0) is 40.9. The third kappa shape index (κ3) is 5.22. The highest BCUT2D eigenvalue weighted by Crippen LogP contribution is 2.56. The van der Waals surface area contributed by atoms with E-state index in [0.29, 0.717) is 5.82 Å². The maximum atomic E-state index is 5.36. The molecule has 0 saturated carbocycles. The first-order valence-electron chi connectivity index (χ1n) is 21.3. The van der Waals surface area contributed by atoms with Gasteiger partial charge in [0.25, 0.3) is 0 Å². The molecule has 0 bridgehead atoms. The molecule has 2 nitrogen and oxygen atoms in total. The van der Waals surface area contributed by atoms with E-state index in [-0.39, 0.29) is 10.8 Å². The van der Waals surface area contributed by atoms with Gasteiger partial charge in [-0.1, -0.05) is 202 Å². The van der Waals surface area contributed by atoms with Crippen LogP contribution in [0.2, 0.25) is 0 Å². The Kier molecular flexibility index (Phi) is 7.74. The quantitative estimate of drug-likeness (QED) is 0.174. The van der Waals surface area contributed by atoms with Crippen molar-refractivity contribution >= 4 is 21.5 Å². The van der Waals surface area contributed by atoms with Gasteiger partial charge in [-0.25, -0.2) is 9.97 Å². The van der Waals surface area contributed by atoms with E-state index in [4.69, 9.17) is 9.97 Å². The lowest BCUT2D eigenvalue weighted by atomic mass is 9.74. The van der Waals surface area contributed by atoms with E-state index in [0.717, 1.165) is 33.5 Å². The summed E-state index contributed by atoms with van der Waals surface area (Å²) in [6.45, 7) is 7.11. The van der Waals surface area contributed by atoms with Gasteiger partial charge in [-0.15, -0.1) is 0 Å². The summed E-state index contributed by atoms with van der Waals surface area (Å²) in [6, 6.07) is 73.1. The van der Waals surface area contributed by atoms with Gasteiger partial charge in [0.05, 0.1) is 11.4 Å². The van der Waals surface area contributed by atoms with E-state index in [9.17, 15) is 0 Å². The molecular weight excluding hydrogens is 737 g/mol. The topological polar surface area (TPSA) is 25.8 Å². The van der Waals surface area contributed by atoms with Crippen LogP contribution in [0.5, 0.6) is 0 Å². The third-order valence-electron chi connectivity index (χ3n) is 13.8. The number of fused-ring (bicyclic) bond motifs is 9. The predicted octanol–water partition coefficient (Wildman–Crippen LogP) is 15.1. The van der Waals surface area contributed by atoms with Crippen molar-refractivity contribution in [1.29, 1.82) is 0 Å². The van der Waals surface area contributed by atoms with Gasteiger partial charge < -0.3 is 0 Å². The molecule has 0 saturated heterocycles. The number of hydrogen-bond acceptors (Lipinski definition) is 2. The summed E-state index contributed by atoms with van der Waals surface area (Å²) in [7, 11) is 0. The Balaban J connectivity index is 1.06. The van der Waals surface area contributed by atoms with Gasteiger partial charge >= 0.3 is 0 Å². The van der Waals surface area contributed by atoms with E-state index in [1.54, 1.807) is 0 Å². The molecule has 1 unspecified atom stereocenters. The van der Waals surface area contributed by atoms with E-state index in [1.165, 1.54) is 77.4 Å². The summed E-state index contributed by atoms with van der Waals surface area (Å²) in [5.74, 6) is 0.711. The lowest BCUT2D eigenvalue weighted by Crippen LogP contribution is -2.22. The number of nitrogens with zero attached hydrogens (tertiary/aromatic N) is 2. The predicted molar refractivity (Wildman–Crippen MR) is 254 cm³/mol. The molecule has 10 aromatic rings. The number of hydrogen-bond donors (Lipinski definition) is 0. The highest BCUT2D eigenvalue weighted by Gasteiger charge is 2.41. The van der Waals surface area contributed by atoms with Gasteiger partial charge in [-0.05, 0) is 102 Å². The van der Waals surface area contributed by atoms with Crippen LogP contribution in [0.4, 0.5) is 0 Å². The van der Waals surface area contributed by atoms with Crippen molar-refractivity contribution < 1.29 is 0 Å². The number of aromatic nitrogens is 2. The second-order valence-corrected chi connectivity index (χ2v) is 17.4. The number of rotatable bonds is 5. The highest BCUT2D eigenvalue weighted by molar-refractivity contribution is 6.11. The van der Waals surface area contributed by atoms with E-state index < -0.39 is 0 Å². The molecular formula is C59H42N2. The van der Waals surface area contributed by atoms with Crippen molar-refractivity contribution in [2.45, 2.75) is 31.6 Å². The van der Waals surface area contributed by atoms with Crippen LogP contribution in [-0.4, -0.2) is 9.97 Å². The Labute approximate surface area is 356 Å². The van der Waals surface area contributed by atoms with Gasteiger partial charge in [0.1, 0.15) is 0 Å². The standard InChI is InChI=1S/C59H42N2/c1-58(2)50-28-16-26-48(56(50)55-41-22-11-10-17-37(41)30-34-51(55)58)44-32-33-47(43-24-13-12-23-42(43)44)54-36-53(60-57(61-54)38-18-6-4-7-19-38)39-29-31-46-45-25-14-15-27-49(45)59(3,52(46)35-39)40-20-8-5-9-21-40/h4-36H,1-3H3. The lowest BCUT2D eigenvalue weighted by molar-refractivity contribution is 0.661. The molecule has 2 aliphatic carbocycles. The summed E-state index contributed by atoms with van der Waals surface area (Å²) in [4.78, 5) is 10.7. The highest BCUT2D eigenvalue weighted by atomic mass is 14.9. The summed E-state index contributed by atoms with van der Waals surface area (Å²) in [6.07, 6.45) is 0. The molecule has 0 fully saturated rings. The van der Waals surface area contributed by atoms with Crippen molar-refractivity contribution in [2.24, 2.45) is 0 Å². The van der Waals surface area contributed by atoms with Crippen LogP contribution in [0.1, 0.15) is 48.6 Å². The largest absolute Gasteiger partial charge is 0.228 e. The molecule has 61 heavy (non-hydrogen) atoms. The molecule has 0 amide bonds. The molecule has 0 spiro atoms. The molecule has 1 aromatic heterocycles. The Hall–Kier alpha value is -7.42. The Morgan fingerprint density at radius 1 is 0.344 bits per heavy atom. The zero-order valence-electron chi connectivity index (χ0n) is 34.4. The van der Waals surface area contributed by atoms with Crippen LogP contribution in [0.3, 0.4) is 0 Å². The van der Waals surface area contributed by atoms with Crippen molar-refractivity contribution in [2.75, 3.05) is 0 Å². The molecule has 2 heteroatoms. The summed E-state index contributed by atoms with van der Waals surface area (Å²) >= 11 is 0. The average Bonchev–Trinajstić information content (AvgIpc) is 3.73. The van der Waals surface area contributed by atoms with Crippen molar-refractivity contribution in [3.8, 4) is 67.3 Å². The van der Waals surface area contributed by atoms with Crippen molar-refractivity contribution in [3.63, 3.8) is 0 Å². The minimum Gasteiger partial charge on any atom is -0.228 e. The molecule has 2 aliphatic rings. The smallest absolute Gasteiger partial charge is 0.160 e. The Morgan fingerprint density at radius 3 is 1.75 bits per heavy atom. The summed E-state index contributed by atoms with van der Waals surface area (Å²) in [5.41, 5.74) is 18.9. The molecule has 0 N–H and O–H groups in total. The monoisotopic (exact) mass is 778 g/mol. The van der Waals surface area contributed by atoms with E-state index in [2.05, 4.69) is 215 Å². The maximum absolute atomic E-state index is 5.36. The van der Waals surface area contributed by atoms with Crippen LogP contribution in [0, 0.1) is 0 Å². The van der Waals surface area contributed by atoms with Crippen LogP contribution >= 0.6 is 0 Å². The van der Waals surface area contributed by atoms with Gasteiger partial charge in [0.2, 0.25) is 0 Å². The molecule has 1 atom stereocenters. The normalized spacial score (nSPS) is 15.7. The van der Waals surface area contributed by atoms with Crippen molar-refractivity contribution in [3.05, 3.63) is 228 Å². The third-order valence-corrected chi connectivity index (χ3v) is 13.8. The van der Waals surface area contributed by atoms with Gasteiger partial charge in [-0.3, -0.25) is 0 Å². The lowest BCUT2D eigenvalue weighted by Gasteiger charge is -2.28. The minimum absolute atomic E-state index is 0.121. The van der Waals surface area contributed by atoms with Crippen molar-refractivity contribution in [1.82, 2.24) is 9.97 Å². The fourth-order valence-electron chi connectivity index (χ4n) is 10.7.